The molecule has 0 spiro atoms. The van der Waals surface area contributed by atoms with E-state index in [2.05, 4.69) is 11.9 Å². The molecule has 0 radical (unpaired) electrons. The van der Waals surface area contributed by atoms with Crippen molar-refractivity contribution in [3.8, 4) is 11.4 Å². The average molecular weight is 404 g/mol. The molecule has 0 saturated carbocycles. The van der Waals surface area contributed by atoms with Crippen molar-refractivity contribution >= 4 is 33.3 Å². The van der Waals surface area contributed by atoms with Crippen LogP contribution in [0.15, 0.2) is 34.2 Å². The lowest BCUT2D eigenvalue weighted by Crippen LogP contribution is -2.27. The summed E-state index contributed by atoms with van der Waals surface area (Å²) in [6, 6.07) is 7.43. The van der Waals surface area contributed by atoms with Crippen LogP contribution in [-0.4, -0.2) is 52.6 Å². The summed E-state index contributed by atoms with van der Waals surface area (Å²) in [6.07, 6.45) is 0.865. The molecule has 0 aliphatic carbocycles. The Morgan fingerprint density at radius 1 is 1.41 bits per heavy atom. The van der Waals surface area contributed by atoms with Gasteiger partial charge < -0.3 is 14.7 Å². The molecule has 0 bridgehead atoms. The number of thioether (sulfide) groups is 1. The fourth-order valence-electron chi connectivity index (χ4n) is 3.36. The summed E-state index contributed by atoms with van der Waals surface area (Å²) in [5.41, 5.74) is 1.82. The first kappa shape index (κ1) is 18.5. The van der Waals surface area contributed by atoms with Crippen LogP contribution >= 0.6 is 23.1 Å². The Hall–Kier alpha value is -1.87. The molecule has 1 aromatic carbocycles. The van der Waals surface area contributed by atoms with Gasteiger partial charge in [0.15, 0.2) is 5.16 Å². The lowest BCUT2D eigenvalue weighted by molar-refractivity contribution is 0.318. The summed E-state index contributed by atoms with van der Waals surface area (Å²) in [7, 11) is 3.70. The second-order valence-electron chi connectivity index (χ2n) is 6.48. The highest BCUT2D eigenvalue weighted by atomic mass is 32.2. The number of methoxy groups -OCH3 is 1. The molecule has 4 rings (SSSR count). The predicted molar refractivity (Wildman–Crippen MR) is 110 cm³/mol. The van der Waals surface area contributed by atoms with Crippen molar-refractivity contribution in [1.29, 1.82) is 0 Å². The summed E-state index contributed by atoms with van der Waals surface area (Å²) >= 11 is 3.00. The van der Waals surface area contributed by atoms with Crippen molar-refractivity contribution < 1.29 is 9.84 Å². The minimum Gasteiger partial charge on any atom is -0.497 e. The van der Waals surface area contributed by atoms with E-state index in [4.69, 9.17) is 9.72 Å². The van der Waals surface area contributed by atoms with Crippen LogP contribution < -0.4 is 10.3 Å². The number of hydrogen-bond donors (Lipinski definition) is 1. The summed E-state index contributed by atoms with van der Waals surface area (Å²) < 4.78 is 6.98. The summed E-state index contributed by atoms with van der Waals surface area (Å²) in [4.78, 5) is 22.6. The van der Waals surface area contributed by atoms with Gasteiger partial charge in [-0.3, -0.25) is 9.36 Å². The van der Waals surface area contributed by atoms with E-state index in [1.165, 1.54) is 16.6 Å². The largest absolute Gasteiger partial charge is 0.497 e. The Kier molecular flexibility index (Phi) is 5.23. The highest BCUT2D eigenvalue weighted by molar-refractivity contribution is 7.99. The number of aromatic nitrogens is 2. The third kappa shape index (κ3) is 3.38. The average Bonchev–Trinajstić information content (AvgIpc) is 3.03. The van der Waals surface area contributed by atoms with Gasteiger partial charge in [0, 0.05) is 29.8 Å². The van der Waals surface area contributed by atoms with Crippen molar-refractivity contribution in [2.75, 3.05) is 33.1 Å². The number of aliphatic hydroxyl groups excluding tert-OH is 1. The van der Waals surface area contributed by atoms with E-state index < -0.39 is 0 Å². The molecule has 1 aliphatic heterocycles. The molecule has 8 heteroatoms. The molecule has 0 unspecified atom stereocenters. The van der Waals surface area contributed by atoms with Crippen LogP contribution in [0.2, 0.25) is 0 Å². The molecule has 0 amide bonds. The van der Waals surface area contributed by atoms with Crippen LogP contribution in [0.5, 0.6) is 5.75 Å². The molecule has 1 aliphatic rings. The Morgan fingerprint density at radius 3 is 3.04 bits per heavy atom. The normalized spacial score (nSPS) is 14.5. The third-order valence-corrected chi connectivity index (χ3v) is 6.70. The Labute approximate surface area is 165 Å². The summed E-state index contributed by atoms with van der Waals surface area (Å²) in [5, 5.41) is 10.6. The zero-order valence-electron chi connectivity index (χ0n) is 15.3. The number of benzene rings is 1. The van der Waals surface area contributed by atoms with Crippen molar-refractivity contribution in [3.63, 3.8) is 0 Å². The first-order valence-electron chi connectivity index (χ1n) is 8.76. The molecule has 0 atom stereocenters. The maximum atomic E-state index is 13.5. The fraction of sp³-hybridized carbons (Fsp3) is 0.368. The van der Waals surface area contributed by atoms with Crippen LogP contribution in [0.3, 0.4) is 0 Å². The van der Waals surface area contributed by atoms with E-state index in [1.54, 1.807) is 23.0 Å². The SMILES string of the molecule is COc1cccc(-n2c(SCCO)nc3sc4c(c3c2=O)CCN(C)C4)c1. The van der Waals surface area contributed by atoms with Crippen molar-refractivity contribution in [2.24, 2.45) is 0 Å². The second kappa shape index (κ2) is 7.63. The molecule has 27 heavy (non-hydrogen) atoms. The third-order valence-electron chi connectivity index (χ3n) is 4.67. The van der Waals surface area contributed by atoms with Crippen LogP contribution in [0.4, 0.5) is 0 Å². The number of fused-ring (bicyclic) bond motifs is 3. The maximum absolute atomic E-state index is 13.5. The fourth-order valence-corrected chi connectivity index (χ4v) is 5.46. The minimum atomic E-state index is -0.0456. The highest BCUT2D eigenvalue weighted by Crippen LogP contribution is 2.34. The van der Waals surface area contributed by atoms with Crippen LogP contribution in [0, 0.1) is 0 Å². The van der Waals surface area contributed by atoms with Gasteiger partial charge in [-0.2, -0.15) is 0 Å². The molecular weight excluding hydrogens is 382 g/mol. The first-order chi connectivity index (χ1) is 13.1. The quantitative estimate of drug-likeness (QED) is 0.522. The number of nitrogens with zero attached hydrogens (tertiary/aromatic N) is 3. The lowest BCUT2D eigenvalue weighted by Gasteiger charge is -2.21. The van der Waals surface area contributed by atoms with E-state index in [1.807, 2.05) is 24.3 Å². The van der Waals surface area contributed by atoms with E-state index in [-0.39, 0.29) is 12.2 Å². The van der Waals surface area contributed by atoms with Crippen molar-refractivity contribution in [1.82, 2.24) is 14.5 Å². The molecule has 2 aromatic heterocycles. The summed E-state index contributed by atoms with van der Waals surface area (Å²) in [6.45, 7) is 1.83. The van der Waals surface area contributed by atoms with Gasteiger partial charge in [0.2, 0.25) is 0 Å². The molecular formula is C19H21N3O3S2. The van der Waals surface area contributed by atoms with Crippen LogP contribution in [0.1, 0.15) is 10.4 Å². The zero-order chi connectivity index (χ0) is 19.0. The van der Waals surface area contributed by atoms with Gasteiger partial charge in [0.25, 0.3) is 5.56 Å². The van der Waals surface area contributed by atoms with E-state index in [0.717, 1.165) is 41.0 Å². The van der Waals surface area contributed by atoms with Gasteiger partial charge in [-0.25, -0.2) is 4.98 Å². The molecule has 1 N–H and O–H groups in total. The monoisotopic (exact) mass is 403 g/mol. The minimum absolute atomic E-state index is 0.0302. The highest BCUT2D eigenvalue weighted by Gasteiger charge is 2.24. The van der Waals surface area contributed by atoms with Gasteiger partial charge in [-0.1, -0.05) is 17.8 Å². The number of hydrogen-bond acceptors (Lipinski definition) is 7. The van der Waals surface area contributed by atoms with E-state index in [9.17, 15) is 9.90 Å². The molecule has 3 aromatic rings. The summed E-state index contributed by atoms with van der Waals surface area (Å²) in [5.74, 6) is 1.17. The Morgan fingerprint density at radius 2 is 2.26 bits per heavy atom. The number of thiophene rings is 1. The van der Waals surface area contributed by atoms with E-state index in [0.29, 0.717) is 16.7 Å². The molecule has 0 saturated heterocycles. The first-order valence-corrected chi connectivity index (χ1v) is 10.6. The number of rotatable bonds is 5. The van der Waals surface area contributed by atoms with Gasteiger partial charge in [0.1, 0.15) is 10.6 Å². The molecule has 0 fully saturated rings. The predicted octanol–water partition coefficient (Wildman–Crippen LogP) is 2.53. The van der Waals surface area contributed by atoms with Crippen LogP contribution in [-0.2, 0) is 13.0 Å². The van der Waals surface area contributed by atoms with Gasteiger partial charge in [-0.05, 0) is 31.2 Å². The smallest absolute Gasteiger partial charge is 0.267 e. The number of aliphatic hydroxyl groups is 1. The maximum Gasteiger partial charge on any atom is 0.267 e. The second-order valence-corrected chi connectivity index (χ2v) is 8.63. The van der Waals surface area contributed by atoms with Crippen LogP contribution in [0.25, 0.3) is 15.9 Å². The molecule has 6 nitrogen and oxygen atoms in total. The van der Waals surface area contributed by atoms with Gasteiger partial charge >= 0.3 is 0 Å². The van der Waals surface area contributed by atoms with Gasteiger partial charge in [-0.15, -0.1) is 11.3 Å². The molecule has 3 heterocycles. The standard InChI is InChI=1S/C19H21N3O3S2/c1-21-7-6-14-15(11-21)27-17-16(14)18(24)22(19(20-17)26-9-8-23)12-4-3-5-13(10-12)25-2/h3-5,10,23H,6-9,11H2,1-2H3. The molecule has 142 valence electrons. The van der Waals surface area contributed by atoms with Gasteiger partial charge in [0.05, 0.1) is 24.8 Å². The Bertz CT molecular complexity index is 1040. The lowest BCUT2D eigenvalue weighted by atomic mass is 10.1. The van der Waals surface area contributed by atoms with Crippen molar-refractivity contribution in [2.45, 2.75) is 18.1 Å². The topological polar surface area (TPSA) is 67.6 Å². The van der Waals surface area contributed by atoms with Crippen molar-refractivity contribution in [3.05, 3.63) is 45.1 Å². The number of likely N-dealkylation sites (N-methyl/N-ethyl adjacent to an activating group) is 1. The van der Waals surface area contributed by atoms with E-state index >= 15 is 0 Å². The Balaban J connectivity index is 1.97. The zero-order valence-corrected chi connectivity index (χ0v) is 16.9. The number of ether oxygens (including phenoxy) is 1.